The molecule has 0 aliphatic heterocycles. The van der Waals surface area contributed by atoms with E-state index >= 15 is 0 Å². The maximum atomic E-state index is 13.0. The molecule has 2 atom stereocenters. The molecular weight excluding hydrogens is 355 g/mol. The van der Waals surface area contributed by atoms with Crippen LogP contribution in [0.3, 0.4) is 0 Å². The van der Waals surface area contributed by atoms with E-state index in [2.05, 4.69) is 10.0 Å². The van der Waals surface area contributed by atoms with Crippen LogP contribution in [0.4, 0.5) is 15.8 Å². The van der Waals surface area contributed by atoms with E-state index in [1.54, 1.807) is 44.2 Å². The molecular formula is C19H21FN2O3S. The Hall–Kier alpha value is -2.41. The lowest BCUT2D eigenvalue weighted by Gasteiger charge is -2.12. The smallest absolute Gasteiger partial charge is 0.232 e. The fraction of sp³-hybridized carbons (Fsp3) is 0.316. The van der Waals surface area contributed by atoms with Crippen molar-refractivity contribution in [1.29, 1.82) is 0 Å². The molecule has 26 heavy (non-hydrogen) atoms. The normalized spacial score (nSPS) is 19.0. The van der Waals surface area contributed by atoms with E-state index in [-0.39, 0.29) is 29.3 Å². The van der Waals surface area contributed by atoms with Gasteiger partial charge in [-0.05, 0) is 67.6 Å². The van der Waals surface area contributed by atoms with Crippen LogP contribution >= 0.6 is 0 Å². The van der Waals surface area contributed by atoms with E-state index in [0.29, 0.717) is 11.4 Å². The van der Waals surface area contributed by atoms with E-state index in [9.17, 15) is 17.6 Å². The minimum Gasteiger partial charge on any atom is -0.326 e. The third-order valence-electron chi connectivity index (χ3n) is 4.56. The second-order valence-electron chi connectivity index (χ2n) is 6.52. The number of nitrogens with one attached hydrogen (secondary N) is 2. The van der Waals surface area contributed by atoms with Gasteiger partial charge in [-0.2, -0.15) is 0 Å². The molecule has 0 radical (unpaired) electrons. The fourth-order valence-electron chi connectivity index (χ4n) is 2.89. The summed E-state index contributed by atoms with van der Waals surface area (Å²) in [7, 11) is -3.34. The van der Waals surface area contributed by atoms with Crippen molar-refractivity contribution < 1.29 is 17.6 Å². The number of rotatable bonds is 6. The first-order chi connectivity index (χ1) is 12.3. The summed E-state index contributed by atoms with van der Waals surface area (Å²) in [6, 6.07) is 11.3. The highest BCUT2D eigenvalue weighted by atomic mass is 32.2. The molecule has 0 heterocycles. The van der Waals surface area contributed by atoms with Gasteiger partial charge in [0, 0.05) is 11.6 Å². The number of anilines is 2. The van der Waals surface area contributed by atoms with Gasteiger partial charge in [0.15, 0.2) is 0 Å². The van der Waals surface area contributed by atoms with Crippen molar-refractivity contribution in [3.63, 3.8) is 0 Å². The summed E-state index contributed by atoms with van der Waals surface area (Å²) >= 11 is 0. The molecule has 2 N–H and O–H groups in total. The van der Waals surface area contributed by atoms with Crippen molar-refractivity contribution in [2.75, 3.05) is 15.8 Å². The second-order valence-corrected chi connectivity index (χ2v) is 8.54. The average Bonchev–Trinajstić information content (AvgIpc) is 3.39. The largest absolute Gasteiger partial charge is 0.326 e. The summed E-state index contributed by atoms with van der Waals surface area (Å²) in [5.74, 6) is -0.381. The van der Waals surface area contributed by atoms with Crippen LogP contribution in [0, 0.1) is 18.7 Å². The van der Waals surface area contributed by atoms with Gasteiger partial charge in [-0.25, -0.2) is 12.8 Å². The summed E-state index contributed by atoms with van der Waals surface area (Å²) in [5, 5.41) is 2.87. The van der Waals surface area contributed by atoms with Gasteiger partial charge in [0.1, 0.15) is 5.82 Å². The molecule has 0 spiro atoms. The third kappa shape index (κ3) is 4.22. The molecule has 7 heteroatoms. The zero-order chi connectivity index (χ0) is 18.9. The van der Waals surface area contributed by atoms with Crippen LogP contribution in [0.25, 0.3) is 0 Å². The van der Waals surface area contributed by atoms with Crippen LogP contribution in [0.2, 0.25) is 0 Å². The van der Waals surface area contributed by atoms with Gasteiger partial charge < -0.3 is 5.32 Å². The summed E-state index contributed by atoms with van der Waals surface area (Å²) < 4.78 is 38.8. The highest BCUT2D eigenvalue weighted by molar-refractivity contribution is 7.92. The highest BCUT2D eigenvalue weighted by Crippen LogP contribution is 2.48. The Morgan fingerprint density at radius 1 is 1.19 bits per heavy atom. The summed E-state index contributed by atoms with van der Waals surface area (Å²) in [6.45, 7) is 3.35. The number of carbonyl (C=O) groups excluding carboxylic acids is 1. The highest BCUT2D eigenvalue weighted by Gasteiger charge is 2.43. The predicted molar refractivity (Wildman–Crippen MR) is 100 cm³/mol. The Kier molecular flexibility index (Phi) is 5.00. The summed E-state index contributed by atoms with van der Waals surface area (Å²) in [6.07, 6.45) is 0.741. The molecule has 0 saturated heterocycles. The number of carbonyl (C=O) groups is 1. The molecule has 0 aromatic heterocycles. The Morgan fingerprint density at radius 2 is 1.88 bits per heavy atom. The fourth-order valence-corrected chi connectivity index (χ4v) is 3.60. The number of benzene rings is 2. The van der Waals surface area contributed by atoms with Crippen LogP contribution < -0.4 is 10.0 Å². The third-order valence-corrected chi connectivity index (χ3v) is 5.86. The maximum absolute atomic E-state index is 13.0. The summed E-state index contributed by atoms with van der Waals surface area (Å²) in [4.78, 5) is 12.4. The van der Waals surface area contributed by atoms with Gasteiger partial charge in [-0.3, -0.25) is 9.52 Å². The van der Waals surface area contributed by atoms with Gasteiger partial charge >= 0.3 is 0 Å². The molecule has 3 rings (SSSR count). The lowest BCUT2D eigenvalue weighted by Crippen LogP contribution is -2.16. The van der Waals surface area contributed by atoms with Crippen molar-refractivity contribution in [2.24, 2.45) is 5.92 Å². The lowest BCUT2D eigenvalue weighted by molar-refractivity contribution is -0.117. The van der Waals surface area contributed by atoms with E-state index in [0.717, 1.165) is 17.5 Å². The van der Waals surface area contributed by atoms with Crippen molar-refractivity contribution >= 4 is 27.3 Å². The Balaban J connectivity index is 1.63. The SMILES string of the molecule is CCS(=O)(=O)Nc1ccc(NC(=O)C2CC2c2ccc(F)cc2)cc1C. The van der Waals surface area contributed by atoms with Gasteiger partial charge in [0.25, 0.3) is 0 Å². The first-order valence-electron chi connectivity index (χ1n) is 8.46. The van der Waals surface area contributed by atoms with E-state index < -0.39 is 10.0 Å². The van der Waals surface area contributed by atoms with Crippen LogP contribution in [-0.4, -0.2) is 20.1 Å². The van der Waals surface area contributed by atoms with E-state index in [4.69, 9.17) is 0 Å². The molecule has 1 aliphatic rings. The van der Waals surface area contributed by atoms with Gasteiger partial charge in [0.05, 0.1) is 11.4 Å². The molecule has 1 aliphatic carbocycles. The average molecular weight is 376 g/mol. The molecule has 1 saturated carbocycles. The maximum Gasteiger partial charge on any atom is 0.232 e. The quantitative estimate of drug-likeness (QED) is 0.808. The topological polar surface area (TPSA) is 75.3 Å². The molecule has 2 unspecified atom stereocenters. The standard InChI is InChI=1S/C19H21FN2O3S/c1-3-26(24,25)22-18-9-8-15(10-12(18)2)21-19(23)17-11-16(17)13-4-6-14(20)7-5-13/h4-10,16-17,22H,3,11H2,1-2H3,(H,21,23). The second kappa shape index (κ2) is 7.07. The molecule has 5 nitrogen and oxygen atoms in total. The van der Waals surface area contributed by atoms with Crippen LogP contribution in [0.15, 0.2) is 42.5 Å². The number of halogens is 1. The van der Waals surface area contributed by atoms with Crippen molar-refractivity contribution in [3.8, 4) is 0 Å². The van der Waals surface area contributed by atoms with Gasteiger partial charge in [-0.1, -0.05) is 12.1 Å². The Bertz CT molecular complexity index is 926. The lowest BCUT2D eigenvalue weighted by atomic mass is 10.1. The van der Waals surface area contributed by atoms with E-state index in [1.165, 1.54) is 12.1 Å². The number of hydrogen-bond donors (Lipinski definition) is 2. The predicted octanol–water partition coefficient (Wildman–Crippen LogP) is 3.64. The first-order valence-corrected chi connectivity index (χ1v) is 10.1. The number of sulfonamides is 1. The molecule has 138 valence electrons. The molecule has 2 aromatic rings. The van der Waals surface area contributed by atoms with E-state index in [1.807, 2.05) is 0 Å². The Morgan fingerprint density at radius 3 is 2.50 bits per heavy atom. The van der Waals surface area contributed by atoms with Crippen molar-refractivity contribution in [1.82, 2.24) is 0 Å². The zero-order valence-electron chi connectivity index (χ0n) is 14.6. The van der Waals surface area contributed by atoms with Crippen LogP contribution in [0.1, 0.15) is 30.4 Å². The number of aryl methyl sites for hydroxylation is 1. The van der Waals surface area contributed by atoms with Crippen molar-refractivity contribution in [3.05, 3.63) is 59.4 Å². The van der Waals surface area contributed by atoms with Crippen LogP contribution in [-0.2, 0) is 14.8 Å². The van der Waals surface area contributed by atoms with Gasteiger partial charge in [-0.15, -0.1) is 0 Å². The van der Waals surface area contributed by atoms with Gasteiger partial charge in [0.2, 0.25) is 15.9 Å². The minimum atomic E-state index is -3.34. The molecule has 2 aromatic carbocycles. The monoisotopic (exact) mass is 376 g/mol. The molecule has 0 bridgehead atoms. The number of amides is 1. The van der Waals surface area contributed by atoms with Crippen molar-refractivity contribution in [2.45, 2.75) is 26.2 Å². The first kappa shape index (κ1) is 18.4. The number of hydrogen-bond acceptors (Lipinski definition) is 3. The molecule has 1 amide bonds. The Labute approximate surface area is 152 Å². The zero-order valence-corrected chi connectivity index (χ0v) is 15.4. The minimum absolute atomic E-state index is 0.00260. The summed E-state index contributed by atoms with van der Waals surface area (Å²) in [5.41, 5.74) is 2.81. The molecule has 1 fully saturated rings. The van der Waals surface area contributed by atoms with Crippen LogP contribution in [0.5, 0.6) is 0 Å².